The Hall–Kier alpha value is -1.77. The molecule has 0 bridgehead atoms. The van der Waals surface area contributed by atoms with E-state index in [9.17, 15) is 17.2 Å². The quantitative estimate of drug-likeness (QED) is 0.474. The zero-order valence-electron chi connectivity index (χ0n) is 11.7. The van der Waals surface area contributed by atoms with Crippen LogP contribution in [0.3, 0.4) is 0 Å². The van der Waals surface area contributed by atoms with Crippen molar-refractivity contribution in [1.29, 1.82) is 0 Å². The molecular formula is C13H17F2N3O2S. The lowest BCUT2D eigenvalue weighted by Crippen LogP contribution is -2.27. The third kappa shape index (κ3) is 4.92. The van der Waals surface area contributed by atoms with Crippen LogP contribution < -0.4 is 10.6 Å². The molecule has 0 aliphatic rings. The normalized spacial score (nSPS) is 12.3. The van der Waals surface area contributed by atoms with Gasteiger partial charge in [0.2, 0.25) is 10.0 Å². The molecule has 8 heteroatoms. The second-order valence-corrected chi connectivity index (χ2v) is 6.22. The van der Waals surface area contributed by atoms with Gasteiger partial charge in [-0.05, 0) is 36.8 Å². The first-order valence-corrected chi connectivity index (χ1v) is 7.41. The van der Waals surface area contributed by atoms with Gasteiger partial charge < -0.3 is 5.01 Å². The molecule has 116 valence electrons. The van der Waals surface area contributed by atoms with Gasteiger partial charge in [-0.25, -0.2) is 27.8 Å². The van der Waals surface area contributed by atoms with Crippen molar-refractivity contribution in [3.05, 3.63) is 53.8 Å². The van der Waals surface area contributed by atoms with Crippen LogP contribution in [0.25, 0.3) is 0 Å². The minimum Gasteiger partial charge on any atom is -0.318 e. The SMILES string of the molecule is C=C(/C=C(/C)N(C)N)CNS(=O)(=O)c1ccc(F)c(F)c1. The van der Waals surface area contributed by atoms with E-state index in [0.717, 1.165) is 12.1 Å². The van der Waals surface area contributed by atoms with Gasteiger partial charge in [-0.2, -0.15) is 0 Å². The van der Waals surface area contributed by atoms with Crippen molar-refractivity contribution in [3.63, 3.8) is 0 Å². The third-order valence-electron chi connectivity index (χ3n) is 2.66. The van der Waals surface area contributed by atoms with Crippen LogP contribution >= 0.6 is 0 Å². The second-order valence-electron chi connectivity index (χ2n) is 4.46. The molecule has 0 heterocycles. The van der Waals surface area contributed by atoms with Gasteiger partial charge in [0.15, 0.2) is 11.6 Å². The first-order chi connectivity index (χ1) is 9.63. The lowest BCUT2D eigenvalue weighted by atomic mass is 10.2. The Kier molecular flexibility index (Phi) is 5.59. The fourth-order valence-electron chi connectivity index (χ4n) is 1.36. The number of sulfonamides is 1. The van der Waals surface area contributed by atoms with E-state index < -0.39 is 21.7 Å². The summed E-state index contributed by atoms with van der Waals surface area (Å²) in [7, 11) is -2.31. The van der Waals surface area contributed by atoms with Gasteiger partial charge in [0, 0.05) is 19.3 Å². The zero-order valence-corrected chi connectivity index (χ0v) is 12.5. The summed E-state index contributed by atoms with van der Waals surface area (Å²) in [5, 5.41) is 1.36. The summed E-state index contributed by atoms with van der Waals surface area (Å²) >= 11 is 0. The molecule has 1 rings (SSSR count). The van der Waals surface area contributed by atoms with E-state index >= 15 is 0 Å². The summed E-state index contributed by atoms with van der Waals surface area (Å²) in [6.45, 7) is 5.34. The number of benzene rings is 1. The van der Waals surface area contributed by atoms with E-state index in [4.69, 9.17) is 5.84 Å². The first kappa shape index (κ1) is 17.3. The van der Waals surface area contributed by atoms with Crippen molar-refractivity contribution in [3.8, 4) is 0 Å². The smallest absolute Gasteiger partial charge is 0.240 e. The maximum Gasteiger partial charge on any atom is 0.240 e. The van der Waals surface area contributed by atoms with Gasteiger partial charge in [-0.15, -0.1) is 0 Å². The Morgan fingerprint density at radius 2 is 2.05 bits per heavy atom. The highest BCUT2D eigenvalue weighted by Gasteiger charge is 2.16. The summed E-state index contributed by atoms with van der Waals surface area (Å²) in [6, 6.07) is 2.36. The van der Waals surface area contributed by atoms with Gasteiger partial charge in [0.25, 0.3) is 0 Å². The van der Waals surface area contributed by atoms with Gasteiger partial charge in [0.05, 0.1) is 4.90 Å². The molecule has 0 radical (unpaired) electrons. The van der Waals surface area contributed by atoms with Crippen LogP contribution in [-0.2, 0) is 10.0 Å². The number of rotatable bonds is 6. The maximum absolute atomic E-state index is 13.1. The predicted molar refractivity (Wildman–Crippen MR) is 76.4 cm³/mol. The average molecular weight is 317 g/mol. The molecule has 0 saturated carbocycles. The molecule has 0 atom stereocenters. The van der Waals surface area contributed by atoms with E-state index in [1.54, 1.807) is 20.0 Å². The van der Waals surface area contributed by atoms with Crippen LogP contribution in [0.4, 0.5) is 8.78 Å². The largest absolute Gasteiger partial charge is 0.318 e. The van der Waals surface area contributed by atoms with E-state index in [-0.39, 0.29) is 11.4 Å². The lowest BCUT2D eigenvalue weighted by Gasteiger charge is -2.13. The van der Waals surface area contributed by atoms with Crippen LogP contribution in [0.5, 0.6) is 0 Å². The van der Waals surface area contributed by atoms with E-state index in [1.807, 2.05) is 0 Å². The Balaban J connectivity index is 2.80. The molecule has 0 unspecified atom stereocenters. The number of nitrogens with two attached hydrogens (primary N) is 1. The Labute approximate surface area is 122 Å². The first-order valence-electron chi connectivity index (χ1n) is 5.92. The number of nitrogens with one attached hydrogen (secondary N) is 1. The highest BCUT2D eigenvalue weighted by atomic mass is 32.2. The third-order valence-corrected chi connectivity index (χ3v) is 4.06. The summed E-state index contributed by atoms with van der Waals surface area (Å²) in [6.07, 6.45) is 1.60. The molecular weight excluding hydrogens is 300 g/mol. The minimum atomic E-state index is -3.94. The Morgan fingerprint density at radius 3 is 2.57 bits per heavy atom. The summed E-state index contributed by atoms with van der Waals surface area (Å²) in [5.74, 6) is 3.16. The molecule has 21 heavy (non-hydrogen) atoms. The van der Waals surface area contributed by atoms with Gasteiger partial charge in [-0.1, -0.05) is 6.58 Å². The zero-order chi connectivity index (χ0) is 16.2. The van der Waals surface area contributed by atoms with Crippen molar-refractivity contribution in [2.24, 2.45) is 5.84 Å². The number of hydrogen-bond donors (Lipinski definition) is 2. The molecule has 1 aromatic rings. The molecule has 0 aliphatic heterocycles. The standard InChI is InChI=1S/C13H17F2N3O2S/c1-9(6-10(2)18(3)16)8-17-21(19,20)11-4-5-12(14)13(15)7-11/h4-7,17H,1,8,16H2,2-3H3/b10-6-. The van der Waals surface area contributed by atoms with Gasteiger partial charge >= 0.3 is 0 Å². The second kappa shape index (κ2) is 6.79. The molecule has 0 aliphatic carbocycles. The topological polar surface area (TPSA) is 75.4 Å². The van der Waals surface area contributed by atoms with Gasteiger partial charge in [-0.3, -0.25) is 0 Å². The summed E-state index contributed by atoms with van der Waals surface area (Å²) in [5.41, 5.74) is 1.16. The number of hydrogen-bond acceptors (Lipinski definition) is 4. The van der Waals surface area contributed by atoms with E-state index in [1.165, 1.54) is 5.01 Å². The van der Waals surface area contributed by atoms with Crippen LogP contribution in [0.15, 0.2) is 47.0 Å². The van der Waals surface area contributed by atoms with Crippen molar-refractivity contribution in [2.45, 2.75) is 11.8 Å². The summed E-state index contributed by atoms with van der Waals surface area (Å²) in [4.78, 5) is -0.356. The molecule has 0 spiro atoms. The Bertz CT molecular complexity index is 670. The van der Waals surface area contributed by atoms with E-state index in [0.29, 0.717) is 17.3 Å². The minimum absolute atomic E-state index is 0.0769. The molecule has 0 saturated heterocycles. The molecule has 0 fully saturated rings. The molecule has 0 amide bonds. The molecule has 0 aromatic heterocycles. The Morgan fingerprint density at radius 1 is 1.43 bits per heavy atom. The highest BCUT2D eigenvalue weighted by molar-refractivity contribution is 7.89. The number of halogens is 2. The number of hydrazine groups is 1. The van der Waals surface area contributed by atoms with Gasteiger partial charge in [0.1, 0.15) is 0 Å². The molecule has 3 N–H and O–H groups in total. The fourth-order valence-corrected chi connectivity index (χ4v) is 2.41. The van der Waals surface area contributed by atoms with Crippen molar-refractivity contribution in [2.75, 3.05) is 13.6 Å². The number of nitrogens with zero attached hydrogens (tertiary/aromatic N) is 1. The van der Waals surface area contributed by atoms with Crippen LogP contribution in [-0.4, -0.2) is 27.0 Å². The molecule has 5 nitrogen and oxygen atoms in total. The van der Waals surface area contributed by atoms with E-state index in [2.05, 4.69) is 11.3 Å². The monoisotopic (exact) mass is 317 g/mol. The summed E-state index contributed by atoms with van der Waals surface area (Å²) < 4.78 is 51.9. The predicted octanol–water partition coefficient (Wildman–Crippen LogP) is 1.51. The molecule has 1 aromatic carbocycles. The van der Waals surface area contributed by atoms with Crippen LogP contribution in [0.2, 0.25) is 0 Å². The highest BCUT2D eigenvalue weighted by Crippen LogP contribution is 2.13. The average Bonchev–Trinajstić information content (AvgIpc) is 2.39. The fraction of sp³-hybridized carbons (Fsp3) is 0.231. The maximum atomic E-state index is 13.1. The lowest BCUT2D eigenvalue weighted by molar-refractivity contribution is 0.441. The van der Waals surface area contributed by atoms with Crippen LogP contribution in [0.1, 0.15) is 6.92 Å². The van der Waals surface area contributed by atoms with Crippen molar-refractivity contribution >= 4 is 10.0 Å². The van der Waals surface area contributed by atoms with Crippen LogP contribution in [0, 0.1) is 11.6 Å². The van der Waals surface area contributed by atoms with Crippen molar-refractivity contribution in [1.82, 2.24) is 9.73 Å². The van der Waals surface area contributed by atoms with Crippen molar-refractivity contribution < 1.29 is 17.2 Å². The number of allylic oxidation sites excluding steroid dienone is 1.